The lowest BCUT2D eigenvalue weighted by atomic mass is 10.1. The Morgan fingerprint density at radius 1 is 1.04 bits per heavy atom. The molecule has 27 heavy (non-hydrogen) atoms. The van der Waals surface area contributed by atoms with Crippen molar-refractivity contribution in [1.82, 2.24) is 9.80 Å². The first-order valence-electron chi connectivity index (χ1n) is 9.16. The third kappa shape index (κ3) is 4.11. The lowest BCUT2D eigenvalue weighted by Gasteiger charge is -2.34. The molecule has 0 bridgehead atoms. The van der Waals surface area contributed by atoms with Crippen LogP contribution in [-0.4, -0.2) is 47.8 Å². The Hall–Kier alpha value is -2.47. The van der Waals surface area contributed by atoms with Gasteiger partial charge in [0.2, 0.25) is 11.8 Å². The third-order valence-corrected chi connectivity index (χ3v) is 6.08. The van der Waals surface area contributed by atoms with Gasteiger partial charge in [0.25, 0.3) is 0 Å². The monoisotopic (exact) mass is 384 g/mol. The van der Waals surface area contributed by atoms with E-state index in [2.05, 4.69) is 0 Å². The summed E-state index contributed by atoms with van der Waals surface area (Å²) in [4.78, 5) is 29.7. The van der Waals surface area contributed by atoms with Crippen molar-refractivity contribution in [3.05, 3.63) is 64.1 Å². The van der Waals surface area contributed by atoms with Crippen LogP contribution >= 0.6 is 11.3 Å². The van der Waals surface area contributed by atoms with Crippen molar-refractivity contribution in [2.45, 2.75) is 12.3 Å². The minimum atomic E-state index is -0.254. The fourth-order valence-corrected chi connectivity index (χ4v) is 4.19. The molecule has 0 unspecified atom stereocenters. The number of rotatable bonds is 4. The first-order valence-corrected chi connectivity index (χ1v) is 10.0. The van der Waals surface area contributed by atoms with E-state index >= 15 is 0 Å². The normalized spacial score (nSPS) is 22.3. The van der Waals surface area contributed by atoms with Gasteiger partial charge in [0.05, 0.1) is 0 Å². The first-order chi connectivity index (χ1) is 13.1. The summed E-state index contributed by atoms with van der Waals surface area (Å²) in [6.45, 7) is 2.27. The summed E-state index contributed by atoms with van der Waals surface area (Å²) in [6, 6.07) is 10.4. The van der Waals surface area contributed by atoms with Crippen LogP contribution in [0.1, 0.15) is 22.8 Å². The number of hydrogen-bond donors (Lipinski definition) is 0. The lowest BCUT2D eigenvalue weighted by Crippen LogP contribution is -2.50. The maximum Gasteiger partial charge on any atom is 0.246 e. The molecular weight excluding hydrogens is 363 g/mol. The van der Waals surface area contributed by atoms with E-state index in [0.29, 0.717) is 26.2 Å². The summed E-state index contributed by atoms with van der Waals surface area (Å²) in [5.41, 5.74) is 1.03. The molecule has 2 heterocycles. The number of carbonyl (C=O) groups is 2. The van der Waals surface area contributed by atoms with Crippen LogP contribution in [0.15, 0.2) is 47.9 Å². The van der Waals surface area contributed by atoms with Crippen molar-refractivity contribution in [2.24, 2.45) is 5.92 Å². The van der Waals surface area contributed by atoms with Crippen LogP contribution in [-0.2, 0) is 9.59 Å². The van der Waals surface area contributed by atoms with Crippen molar-refractivity contribution >= 4 is 29.2 Å². The minimum absolute atomic E-state index is 0.00330. The Morgan fingerprint density at radius 3 is 2.41 bits per heavy atom. The topological polar surface area (TPSA) is 40.6 Å². The fourth-order valence-electron chi connectivity index (χ4n) is 3.57. The lowest BCUT2D eigenvalue weighted by molar-refractivity contribution is -0.138. The second kappa shape index (κ2) is 7.64. The van der Waals surface area contributed by atoms with Crippen molar-refractivity contribution in [3.8, 4) is 0 Å². The van der Waals surface area contributed by atoms with Gasteiger partial charge in [0.1, 0.15) is 5.82 Å². The zero-order chi connectivity index (χ0) is 18.8. The Bertz CT molecular complexity index is 840. The second-order valence-corrected chi connectivity index (χ2v) is 7.98. The highest BCUT2D eigenvalue weighted by Gasteiger charge is 2.46. The molecule has 2 aliphatic rings. The summed E-state index contributed by atoms with van der Waals surface area (Å²) >= 11 is 1.59. The number of carbonyl (C=O) groups excluding carboxylic acids is 2. The van der Waals surface area contributed by atoms with Crippen LogP contribution < -0.4 is 0 Å². The molecule has 0 radical (unpaired) electrons. The molecule has 0 N–H and O–H groups in total. The molecule has 0 spiro atoms. The summed E-state index contributed by atoms with van der Waals surface area (Å²) < 4.78 is 13.0. The highest BCUT2D eigenvalue weighted by atomic mass is 32.1. The molecule has 1 aromatic carbocycles. The molecule has 4 rings (SSSR count). The molecule has 2 atom stereocenters. The average molecular weight is 384 g/mol. The zero-order valence-electron chi connectivity index (χ0n) is 14.9. The molecule has 1 saturated carbocycles. The number of hydrogen-bond acceptors (Lipinski definition) is 3. The average Bonchev–Trinajstić information content (AvgIpc) is 3.32. The predicted molar refractivity (Wildman–Crippen MR) is 104 cm³/mol. The SMILES string of the molecule is O=C(/C=C/c1cccs1)N1CCN(C(=O)[C@@H]2C[C@H]2c2ccc(F)cc2)CC1. The van der Waals surface area contributed by atoms with Gasteiger partial charge in [-0.15, -0.1) is 11.3 Å². The van der Waals surface area contributed by atoms with E-state index < -0.39 is 0 Å². The summed E-state index contributed by atoms with van der Waals surface area (Å²) in [6.07, 6.45) is 4.27. The Morgan fingerprint density at radius 2 is 1.74 bits per heavy atom. The van der Waals surface area contributed by atoms with Crippen LogP contribution in [0.2, 0.25) is 0 Å². The van der Waals surface area contributed by atoms with Gasteiger partial charge >= 0.3 is 0 Å². The van der Waals surface area contributed by atoms with Crippen molar-refractivity contribution in [1.29, 1.82) is 0 Å². The van der Waals surface area contributed by atoms with E-state index in [1.54, 1.807) is 34.4 Å². The van der Waals surface area contributed by atoms with E-state index in [4.69, 9.17) is 0 Å². The summed E-state index contributed by atoms with van der Waals surface area (Å²) in [5.74, 6) is 0.0933. The van der Waals surface area contributed by atoms with Gasteiger partial charge in [-0.25, -0.2) is 4.39 Å². The van der Waals surface area contributed by atoms with Crippen LogP contribution in [0.3, 0.4) is 0 Å². The molecule has 2 fully saturated rings. The Labute approximate surface area is 161 Å². The molecule has 2 aromatic rings. The van der Waals surface area contributed by atoms with Crippen molar-refractivity contribution in [3.63, 3.8) is 0 Å². The van der Waals surface area contributed by atoms with Gasteiger partial charge in [0, 0.05) is 43.1 Å². The van der Waals surface area contributed by atoms with Crippen LogP contribution in [0.25, 0.3) is 6.08 Å². The number of nitrogens with zero attached hydrogens (tertiary/aromatic N) is 2. The van der Waals surface area contributed by atoms with Gasteiger partial charge in [-0.05, 0) is 47.6 Å². The van der Waals surface area contributed by atoms with Gasteiger partial charge in [0.15, 0.2) is 0 Å². The maximum atomic E-state index is 13.0. The van der Waals surface area contributed by atoms with Gasteiger partial charge < -0.3 is 9.80 Å². The summed E-state index contributed by atoms with van der Waals surface area (Å²) in [7, 11) is 0. The fraction of sp³-hybridized carbons (Fsp3) is 0.333. The van der Waals surface area contributed by atoms with E-state index in [9.17, 15) is 14.0 Å². The smallest absolute Gasteiger partial charge is 0.246 e. The molecule has 1 aliphatic carbocycles. The number of halogens is 1. The van der Waals surface area contributed by atoms with Crippen LogP contribution in [0.4, 0.5) is 4.39 Å². The molecule has 2 amide bonds. The van der Waals surface area contributed by atoms with E-state index in [-0.39, 0.29) is 29.5 Å². The maximum absolute atomic E-state index is 13.0. The number of amides is 2. The predicted octanol–water partition coefficient (Wildman–Crippen LogP) is 3.37. The second-order valence-electron chi connectivity index (χ2n) is 7.00. The van der Waals surface area contributed by atoms with Gasteiger partial charge in [-0.1, -0.05) is 18.2 Å². The molecular formula is C21H21FN2O2S. The van der Waals surface area contributed by atoms with Gasteiger partial charge in [-0.3, -0.25) is 9.59 Å². The standard InChI is InChI=1S/C21H21FN2O2S/c22-16-5-3-15(4-6-16)18-14-19(18)21(26)24-11-9-23(10-12-24)20(25)8-7-17-2-1-13-27-17/h1-8,13,18-19H,9-12,14H2/b8-7+/t18-,19+/m0/s1. The number of benzene rings is 1. The first kappa shape index (κ1) is 17.9. The largest absolute Gasteiger partial charge is 0.339 e. The minimum Gasteiger partial charge on any atom is -0.339 e. The molecule has 140 valence electrons. The van der Waals surface area contributed by atoms with E-state index in [1.807, 2.05) is 28.5 Å². The highest BCUT2D eigenvalue weighted by molar-refractivity contribution is 7.10. The van der Waals surface area contributed by atoms with Crippen LogP contribution in [0, 0.1) is 11.7 Å². The Balaban J connectivity index is 1.27. The quantitative estimate of drug-likeness (QED) is 0.759. The Kier molecular flexibility index (Phi) is 5.07. The molecule has 4 nitrogen and oxygen atoms in total. The third-order valence-electron chi connectivity index (χ3n) is 5.24. The van der Waals surface area contributed by atoms with E-state index in [0.717, 1.165) is 16.9 Å². The van der Waals surface area contributed by atoms with Crippen LogP contribution in [0.5, 0.6) is 0 Å². The zero-order valence-corrected chi connectivity index (χ0v) is 15.7. The van der Waals surface area contributed by atoms with Crippen molar-refractivity contribution < 1.29 is 14.0 Å². The molecule has 6 heteroatoms. The number of thiophene rings is 1. The molecule has 1 aliphatic heterocycles. The molecule has 1 aromatic heterocycles. The molecule has 1 saturated heterocycles. The highest BCUT2D eigenvalue weighted by Crippen LogP contribution is 2.48. The number of piperazine rings is 1. The summed E-state index contributed by atoms with van der Waals surface area (Å²) in [5, 5.41) is 1.98. The van der Waals surface area contributed by atoms with E-state index in [1.165, 1.54) is 12.1 Å². The van der Waals surface area contributed by atoms with Crippen molar-refractivity contribution in [2.75, 3.05) is 26.2 Å². The van der Waals surface area contributed by atoms with Gasteiger partial charge in [-0.2, -0.15) is 0 Å².